The molecule has 2 N–H and O–H groups in total. The Morgan fingerprint density at radius 3 is 2.39 bits per heavy atom. The fraction of sp³-hybridized carbons (Fsp3) is 0.143. The molecule has 1 nitrogen and oxygen atoms in total. The number of hydrogen-bond donors (Lipinski definition) is 1. The monoisotopic (exact) mass is 267 g/mol. The lowest BCUT2D eigenvalue weighted by Gasteiger charge is -2.14. The van der Waals surface area contributed by atoms with Crippen molar-refractivity contribution in [2.75, 3.05) is 0 Å². The first-order chi connectivity index (χ1) is 8.49. The van der Waals surface area contributed by atoms with Gasteiger partial charge in [-0.3, -0.25) is 0 Å². The van der Waals surface area contributed by atoms with Crippen LogP contribution in [0.1, 0.15) is 22.7 Å². The van der Waals surface area contributed by atoms with Gasteiger partial charge in [0.2, 0.25) is 0 Å². The predicted octanol–water partition coefficient (Wildman–Crippen LogP) is 3.97. The first-order valence-electron chi connectivity index (χ1n) is 5.45. The molecule has 2 aromatic rings. The molecule has 0 aromatic heterocycles. The summed E-state index contributed by atoms with van der Waals surface area (Å²) in [7, 11) is 0. The second-order valence-electron chi connectivity index (χ2n) is 4.15. The van der Waals surface area contributed by atoms with E-state index >= 15 is 0 Å². The summed E-state index contributed by atoms with van der Waals surface area (Å²) in [5.41, 5.74) is 7.46. The minimum atomic E-state index is -0.637. The Morgan fingerprint density at radius 2 is 1.78 bits per heavy atom. The fourth-order valence-corrected chi connectivity index (χ4v) is 1.95. The first kappa shape index (κ1) is 13.0. The number of benzene rings is 2. The largest absolute Gasteiger partial charge is 0.320 e. The van der Waals surface area contributed by atoms with E-state index in [1.54, 1.807) is 31.2 Å². The Hall–Kier alpha value is -1.45. The third kappa shape index (κ3) is 2.52. The summed E-state index contributed by atoms with van der Waals surface area (Å²) < 4.78 is 26.9. The highest BCUT2D eigenvalue weighted by atomic mass is 35.5. The summed E-state index contributed by atoms with van der Waals surface area (Å²) in [4.78, 5) is 0. The molecule has 0 saturated carbocycles. The number of aryl methyl sites for hydroxylation is 1. The molecule has 2 aromatic carbocycles. The topological polar surface area (TPSA) is 26.0 Å². The first-order valence-corrected chi connectivity index (χ1v) is 5.83. The van der Waals surface area contributed by atoms with Gasteiger partial charge in [-0.1, -0.05) is 29.8 Å². The van der Waals surface area contributed by atoms with Crippen LogP contribution < -0.4 is 5.73 Å². The average Bonchev–Trinajstić information content (AvgIpc) is 2.32. The highest BCUT2D eigenvalue weighted by Crippen LogP contribution is 2.25. The van der Waals surface area contributed by atoms with Crippen LogP contribution in [0, 0.1) is 18.6 Å². The average molecular weight is 268 g/mol. The van der Waals surface area contributed by atoms with Gasteiger partial charge in [0.1, 0.15) is 11.6 Å². The maximum Gasteiger partial charge on any atom is 0.129 e. The lowest BCUT2D eigenvalue weighted by molar-refractivity contribution is 0.597. The summed E-state index contributed by atoms with van der Waals surface area (Å²) in [6.07, 6.45) is 0. The quantitative estimate of drug-likeness (QED) is 0.875. The summed E-state index contributed by atoms with van der Waals surface area (Å²) >= 11 is 5.68. The van der Waals surface area contributed by atoms with Gasteiger partial charge in [-0.25, -0.2) is 8.78 Å². The van der Waals surface area contributed by atoms with E-state index in [1.807, 2.05) is 0 Å². The highest BCUT2D eigenvalue weighted by molar-refractivity contribution is 6.30. The highest BCUT2D eigenvalue weighted by Gasteiger charge is 2.14. The van der Waals surface area contributed by atoms with E-state index in [0.29, 0.717) is 21.7 Å². The van der Waals surface area contributed by atoms with Crippen LogP contribution in [0.3, 0.4) is 0 Å². The van der Waals surface area contributed by atoms with Crippen LogP contribution in [0.15, 0.2) is 36.4 Å². The van der Waals surface area contributed by atoms with E-state index in [2.05, 4.69) is 0 Å². The maximum absolute atomic E-state index is 13.7. The Bertz CT molecular complexity index is 584. The molecule has 0 aliphatic heterocycles. The van der Waals surface area contributed by atoms with E-state index in [-0.39, 0.29) is 5.82 Å². The third-order valence-electron chi connectivity index (χ3n) is 2.84. The predicted molar refractivity (Wildman–Crippen MR) is 68.6 cm³/mol. The third-order valence-corrected chi connectivity index (χ3v) is 3.07. The zero-order chi connectivity index (χ0) is 13.3. The molecular weight excluding hydrogens is 256 g/mol. The van der Waals surface area contributed by atoms with Gasteiger partial charge in [0.05, 0.1) is 6.04 Å². The number of halogens is 3. The zero-order valence-corrected chi connectivity index (χ0v) is 10.5. The van der Waals surface area contributed by atoms with E-state index in [1.165, 1.54) is 12.1 Å². The molecule has 0 saturated heterocycles. The lowest BCUT2D eigenvalue weighted by atomic mass is 9.97. The molecule has 0 aliphatic rings. The summed E-state index contributed by atoms with van der Waals surface area (Å²) in [6, 6.07) is 8.21. The molecule has 1 atom stereocenters. The van der Waals surface area contributed by atoms with Crippen molar-refractivity contribution in [3.8, 4) is 0 Å². The van der Waals surface area contributed by atoms with Gasteiger partial charge in [-0.05, 0) is 36.2 Å². The van der Waals surface area contributed by atoms with Crippen molar-refractivity contribution < 1.29 is 8.78 Å². The fourth-order valence-electron chi connectivity index (χ4n) is 1.79. The molecule has 0 aliphatic carbocycles. The summed E-state index contributed by atoms with van der Waals surface area (Å²) in [6.45, 7) is 1.64. The summed E-state index contributed by atoms with van der Waals surface area (Å²) in [5, 5.41) is 0.318. The molecule has 2 rings (SSSR count). The Labute approximate surface area is 109 Å². The van der Waals surface area contributed by atoms with E-state index in [4.69, 9.17) is 17.3 Å². The lowest BCUT2D eigenvalue weighted by Crippen LogP contribution is -2.14. The van der Waals surface area contributed by atoms with Gasteiger partial charge in [0, 0.05) is 10.6 Å². The number of hydrogen-bond acceptors (Lipinski definition) is 1. The molecule has 94 valence electrons. The summed E-state index contributed by atoms with van der Waals surface area (Å²) in [5.74, 6) is -0.764. The number of rotatable bonds is 2. The molecule has 0 bridgehead atoms. The van der Waals surface area contributed by atoms with Gasteiger partial charge >= 0.3 is 0 Å². The smallest absolute Gasteiger partial charge is 0.129 e. The molecule has 0 amide bonds. The van der Waals surface area contributed by atoms with Crippen molar-refractivity contribution in [2.45, 2.75) is 13.0 Å². The van der Waals surface area contributed by atoms with E-state index < -0.39 is 11.9 Å². The second-order valence-corrected chi connectivity index (χ2v) is 4.59. The minimum absolute atomic E-state index is 0.303. The zero-order valence-electron chi connectivity index (χ0n) is 9.75. The molecule has 4 heteroatoms. The Morgan fingerprint density at radius 1 is 1.06 bits per heavy atom. The van der Waals surface area contributed by atoms with Crippen LogP contribution in [0.25, 0.3) is 0 Å². The van der Waals surface area contributed by atoms with E-state index in [0.717, 1.165) is 0 Å². The van der Waals surface area contributed by atoms with Crippen molar-refractivity contribution >= 4 is 11.6 Å². The standard InChI is InChI=1S/C14H12ClF2N/c1-8-6-9(2-5-12(8)16)14(18)11-4-3-10(15)7-13(11)17/h2-7,14H,18H2,1H3. The molecule has 0 heterocycles. The molecule has 0 fully saturated rings. The van der Waals surface area contributed by atoms with Gasteiger partial charge in [0.15, 0.2) is 0 Å². The van der Waals surface area contributed by atoms with Crippen molar-refractivity contribution in [3.63, 3.8) is 0 Å². The SMILES string of the molecule is Cc1cc(C(N)c2ccc(Cl)cc2F)ccc1F. The van der Waals surface area contributed by atoms with Crippen LogP contribution in [0.5, 0.6) is 0 Å². The van der Waals surface area contributed by atoms with Gasteiger partial charge in [-0.2, -0.15) is 0 Å². The molecular formula is C14H12ClF2N. The molecule has 0 spiro atoms. The van der Waals surface area contributed by atoms with Crippen LogP contribution in [0.4, 0.5) is 8.78 Å². The van der Waals surface area contributed by atoms with Crippen molar-refractivity contribution in [3.05, 3.63) is 69.7 Å². The van der Waals surface area contributed by atoms with Crippen LogP contribution in [-0.4, -0.2) is 0 Å². The van der Waals surface area contributed by atoms with Gasteiger partial charge in [0.25, 0.3) is 0 Å². The molecule has 1 unspecified atom stereocenters. The second kappa shape index (κ2) is 5.04. The normalized spacial score (nSPS) is 12.5. The van der Waals surface area contributed by atoms with Crippen molar-refractivity contribution in [1.29, 1.82) is 0 Å². The number of nitrogens with two attached hydrogens (primary N) is 1. The Balaban J connectivity index is 2.41. The van der Waals surface area contributed by atoms with Crippen molar-refractivity contribution in [2.24, 2.45) is 5.73 Å². The molecule has 18 heavy (non-hydrogen) atoms. The van der Waals surface area contributed by atoms with Crippen molar-refractivity contribution in [1.82, 2.24) is 0 Å². The maximum atomic E-state index is 13.7. The molecule has 0 radical (unpaired) electrons. The van der Waals surface area contributed by atoms with Crippen LogP contribution in [-0.2, 0) is 0 Å². The van der Waals surface area contributed by atoms with Gasteiger partial charge in [-0.15, -0.1) is 0 Å². The van der Waals surface area contributed by atoms with Gasteiger partial charge < -0.3 is 5.73 Å². The van der Waals surface area contributed by atoms with E-state index in [9.17, 15) is 8.78 Å². The minimum Gasteiger partial charge on any atom is -0.320 e. The Kier molecular flexibility index (Phi) is 3.64. The van der Waals surface area contributed by atoms with Crippen LogP contribution in [0.2, 0.25) is 5.02 Å². The van der Waals surface area contributed by atoms with Crippen LogP contribution >= 0.6 is 11.6 Å².